The summed E-state index contributed by atoms with van der Waals surface area (Å²) in [4.78, 5) is 26.7. The van der Waals surface area contributed by atoms with Gasteiger partial charge in [-0.1, -0.05) is 206 Å². The number of aromatic hydroxyl groups is 1. The summed E-state index contributed by atoms with van der Waals surface area (Å²) >= 11 is 0. The van der Waals surface area contributed by atoms with E-state index in [2.05, 4.69) is 13.8 Å². The molecule has 0 aliphatic carbocycles. The smallest absolute Gasteiger partial charge is 0.330 e. The summed E-state index contributed by atoms with van der Waals surface area (Å²) in [5, 5.41) is 10.5. The molecule has 8 nitrogen and oxygen atoms in total. The molecule has 1 N–H and O–H groups in total. The van der Waals surface area contributed by atoms with Crippen LogP contribution in [0.25, 0.3) is 6.08 Å². The Labute approximate surface area is 390 Å². The highest BCUT2D eigenvalue weighted by molar-refractivity contribution is 5.88. The Bertz CT molecular complexity index is 1550. The molecule has 0 saturated carbocycles. The highest BCUT2D eigenvalue weighted by Crippen LogP contribution is 2.52. The molecule has 1 aliphatic rings. The minimum Gasteiger partial charge on any atom is -0.508 e. The normalized spacial score (nSPS) is 14.4. The fraction of sp³-hybridized carbons (Fsp3) is 0.714. The van der Waals surface area contributed by atoms with Crippen molar-refractivity contribution in [2.45, 2.75) is 231 Å². The van der Waals surface area contributed by atoms with Crippen LogP contribution in [0, 0.1) is 0 Å². The van der Waals surface area contributed by atoms with Crippen LogP contribution < -0.4 is 14.2 Å². The second-order valence-corrected chi connectivity index (χ2v) is 18.4. The van der Waals surface area contributed by atoms with Crippen LogP contribution >= 0.6 is 0 Å². The predicted molar refractivity (Wildman–Crippen MR) is 264 cm³/mol. The lowest BCUT2D eigenvalue weighted by atomic mass is 9.89. The van der Waals surface area contributed by atoms with Gasteiger partial charge in [0.25, 0.3) is 0 Å². The zero-order valence-electron chi connectivity index (χ0n) is 41.0. The van der Waals surface area contributed by atoms with Gasteiger partial charge in [-0.15, -0.1) is 0 Å². The number of hydrogen-bond donors (Lipinski definition) is 1. The van der Waals surface area contributed by atoms with Crippen molar-refractivity contribution in [1.29, 1.82) is 0 Å². The maximum Gasteiger partial charge on any atom is 0.330 e. The summed E-state index contributed by atoms with van der Waals surface area (Å²) < 4.78 is 29.1. The summed E-state index contributed by atoms with van der Waals surface area (Å²) in [7, 11) is 3.08. The number of methoxy groups -OCH3 is 2. The second kappa shape index (κ2) is 35.6. The lowest BCUT2D eigenvalue weighted by Gasteiger charge is -2.19. The number of carbonyl (C=O) groups excluding carboxylic acids is 2. The summed E-state index contributed by atoms with van der Waals surface area (Å²) in [6.45, 7) is 5.26. The number of phenolic OH excluding ortho intramolecular Hbond substituents is 1. The number of hydrogen-bond acceptors (Lipinski definition) is 8. The van der Waals surface area contributed by atoms with Crippen LogP contribution in [-0.2, 0) is 19.1 Å². The topological polar surface area (TPSA) is 101 Å². The van der Waals surface area contributed by atoms with Crippen molar-refractivity contribution >= 4 is 18.0 Å². The number of phenols is 1. The number of carbonyl (C=O) groups is 2. The average Bonchev–Trinajstić information content (AvgIpc) is 3.69. The van der Waals surface area contributed by atoms with Crippen molar-refractivity contribution < 1.29 is 38.4 Å². The van der Waals surface area contributed by atoms with Crippen molar-refractivity contribution in [2.24, 2.45) is 0 Å². The van der Waals surface area contributed by atoms with E-state index in [1.54, 1.807) is 31.4 Å². The van der Waals surface area contributed by atoms with Gasteiger partial charge in [0.1, 0.15) is 23.5 Å². The lowest BCUT2D eigenvalue weighted by molar-refractivity contribution is -0.147. The predicted octanol–water partition coefficient (Wildman–Crippen LogP) is 16.2. The maximum absolute atomic E-state index is 14.0. The van der Waals surface area contributed by atoms with Gasteiger partial charge in [0.15, 0.2) is 11.5 Å². The van der Waals surface area contributed by atoms with Crippen molar-refractivity contribution in [2.75, 3.05) is 27.4 Å². The Kier molecular flexibility index (Phi) is 30.4. The minimum atomic E-state index is -0.827. The van der Waals surface area contributed by atoms with Crippen LogP contribution in [0.2, 0.25) is 0 Å². The maximum atomic E-state index is 14.0. The van der Waals surface area contributed by atoms with Gasteiger partial charge in [-0.05, 0) is 48.7 Å². The van der Waals surface area contributed by atoms with E-state index in [-0.39, 0.29) is 5.75 Å². The van der Waals surface area contributed by atoms with E-state index in [9.17, 15) is 14.7 Å². The molecule has 0 aromatic heterocycles. The van der Waals surface area contributed by atoms with Crippen molar-refractivity contribution in [3.63, 3.8) is 0 Å². The van der Waals surface area contributed by atoms with Crippen LogP contribution in [0.1, 0.15) is 248 Å². The van der Waals surface area contributed by atoms with Crippen LogP contribution in [0.5, 0.6) is 23.0 Å². The van der Waals surface area contributed by atoms with E-state index in [1.807, 2.05) is 6.07 Å². The number of rotatable bonds is 40. The van der Waals surface area contributed by atoms with Gasteiger partial charge >= 0.3 is 11.9 Å². The lowest BCUT2D eigenvalue weighted by Crippen LogP contribution is -2.22. The van der Waals surface area contributed by atoms with E-state index < -0.39 is 24.0 Å². The largest absolute Gasteiger partial charge is 0.508 e. The standard InChI is InChI=1S/C56H90O8/c1-5-7-9-11-13-15-17-19-21-23-25-27-29-31-33-35-39-62-52(58)38-37-46-41-50-53(54(64-55(50)51(42-46)61-4)47-43-48(57)45-49(44-47)60-3)56(59)63-40-36-34-32-30-28-26-24-22-20-18-16-14-12-10-8-6-2/h37-38,41-45,53-54,57H,5-36,39-40H2,1-4H3/t53-,54-/m0/s1. The molecule has 0 radical (unpaired) electrons. The Morgan fingerprint density at radius 1 is 0.547 bits per heavy atom. The highest BCUT2D eigenvalue weighted by Gasteiger charge is 2.44. The van der Waals surface area contributed by atoms with Crippen LogP contribution in [0.3, 0.4) is 0 Å². The van der Waals surface area contributed by atoms with E-state index in [0.717, 1.165) is 32.1 Å². The molecule has 2 atom stereocenters. The summed E-state index contributed by atoms with van der Waals surface area (Å²) in [6, 6.07) is 8.48. The van der Waals surface area contributed by atoms with E-state index in [0.29, 0.717) is 47.2 Å². The molecule has 0 amide bonds. The van der Waals surface area contributed by atoms with E-state index >= 15 is 0 Å². The third kappa shape index (κ3) is 23.0. The quantitative estimate of drug-likeness (QED) is 0.0401. The third-order valence-corrected chi connectivity index (χ3v) is 12.8. The van der Waals surface area contributed by atoms with Gasteiger partial charge in [0.2, 0.25) is 0 Å². The van der Waals surface area contributed by atoms with Crippen LogP contribution in [-0.4, -0.2) is 44.5 Å². The summed E-state index contributed by atoms with van der Waals surface area (Å²) in [6.07, 6.45) is 43.5. The summed E-state index contributed by atoms with van der Waals surface area (Å²) in [5.41, 5.74) is 1.85. The first-order valence-corrected chi connectivity index (χ1v) is 26.2. The number of fused-ring (bicyclic) bond motifs is 1. The molecule has 8 heteroatoms. The van der Waals surface area contributed by atoms with Gasteiger partial charge in [-0.25, -0.2) is 4.79 Å². The number of unbranched alkanes of at least 4 members (excludes halogenated alkanes) is 30. The molecule has 362 valence electrons. The molecule has 0 unspecified atom stereocenters. The van der Waals surface area contributed by atoms with E-state index in [4.69, 9.17) is 23.7 Å². The molecule has 3 rings (SSSR count). The molecule has 2 aromatic carbocycles. The molecule has 0 bridgehead atoms. The minimum absolute atomic E-state index is 0.00266. The monoisotopic (exact) mass is 891 g/mol. The Hall–Kier alpha value is -3.68. The van der Waals surface area contributed by atoms with Gasteiger partial charge in [0.05, 0.1) is 27.4 Å². The SMILES string of the molecule is CCCCCCCCCCCCCCCCCCOC(=O)C=Cc1cc(OC)c2c(c1)[C@H](C(=O)OCCCCCCCCCCCCCCCCCC)[C@H](c1cc(O)cc(OC)c1)O2. The Morgan fingerprint density at radius 2 is 0.984 bits per heavy atom. The third-order valence-electron chi connectivity index (χ3n) is 12.8. The molecular formula is C56H90O8. The zero-order chi connectivity index (χ0) is 45.9. The molecular weight excluding hydrogens is 801 g/mol. The molecule has 2 aromatic rings. The summed E-state index contributed by atoms with van der Waals surface area (Å²) in [5.74, 6) is -0.325. The second-order valence-electron chi connectivity index (χ2n) is 18.4. The van der Waals surface area contributed by atoms with Crippen molar-refractivity contribution in [3.05, 3.63) is 53.1 Å². The van der Waals surface area contributed by atoms with Gasteiger partial charge in [-0.3, -0.25) is 4.79 Å². The van der Waals surface area contributed by atoms with Gasteiger partial charge in [-0.2, -0.15) is 0 Å². The van der Waals surface area contributed by atoms with Gasteiger partial charge < -0.3 is 28.8 Å². The Balaban J connectivity index is 1.42. The fourth-order valence-electron chi connectivity index (χ4n) is 8.96. The molecule has 64 heavy (non-hydrogen) atoms. The highest BCUT2D eigenvalue weighted by atomic mass is 16.6. The van der Waals surface area contributed by atoms with E-state index in [1.165, 1.54) is 193 Å². The van der Waals surface area contributed by atoms with Crippen molar-refractivity contribution in [3.8, 4) is 23.0 Å². The molecule has 1 aliphatic heterocycles. The molecule has 0 saturated heterocycles. The number of ether oxygens (including phenoxy) is 5. The first-order valence-electron chi connectivity index (χ1n) is 26.2. The first kappa shape index (κ1) is 54.7. The van der Waals surface area contributed by atoms with Crippen LogP contribution in [0.4, 0.5) is 0 Å². The van der Waals surface area contributed by atoms with Gasteiger partial charge in [0, 0.05) is 23.3 Å². The zero-order valence-corrected chi connectivity index (χ0v) is 41.0. The number of esters is 2. The van der Waals surface area contributed by atoms with Crippen molar-refractivity contribution in [1.82, 2.24) is 0 Å². The molecule has 0 spiro atoms. The molecule has 1 heterocycles. The fourth-order valence-corrected chi connectivity index (χ4v) is 8.96. The van der Waals surface area contributed by atoms with Crippen LogP contribution in [0.15, 0.2) is 36.4 Å². The Morgan fingerprint density at radius 3 is 1.42 bits per heavy atom. The molecule has 0 fully saturated rings. The first-order chi connectivity index (χ1) is 31.4. The number of benzene rings is 2. The average molecular weight is 891 g/mol.